The number of carbonyl (C=O) groups excluding carboxylic acids is 2. The van der Waals surface area contributed by atoms with Crippen LogP contribution in [-0.2, 0) is 4.79 Å². The molecule has 23 heavy (non-hydrogen) atoms. The number of anilines is 1. The van der Waals surface area contributed by atoms with Gasteiger partial charge in [-0.15, -0.1) is 0 Å². The molecule has 5 heteroatoms. The topological polar surface area (TPSA) is 58.6 Å². The highest BCUT2D eigenvalue weighted by molar-refractivity contribution is 6.01. The van der Waals surface area contributed by atoms with Crippen LogP contribution in [0.15, 0.2) is 18.2 Å². The molecule has 1 N–H and O–H groups in total. The van der Waals surface area contributed by atoms with E-state index in [4.69, 9.17) is 4.74 Å². The van der Waals surface area contributed by atoms with Crippen LogP contribution in [0.2, 0.25) is 0 Å². The molecule has 2 heterocycles. The first kappa shape index (κ1) is 16.0. The van der Waals surface area contributed by atoms with Gasteiger partial charge in [0.2, 0.25) is 5.91 Å². The predicted octanol–water partition coefficient (Wildman–Crippen LogP) is 2.39. The van der Waals surface area contributed by atoms with Gasteiger partial charge in [-0.3, -0.25) is 9.59 Å². The summed E-state index contributed by atoms with van der Waals surface area (Å²) in [5.41, 5.74) is 0.927. The van der Waals surface area contributed by atoms with E-state index in [1.54, 1.807) is 11.8 Å². The second-order valence-electron chi connectivity index (χ2n) is 7.06. The minimum atomic E-state index is -0.433. The van der Waals surface area contributed by atoms with E-state index in [0.29, 0.717) is 23.5 Å². The van der Waals surface area contributed by atoms with Crippen molar-refractivity contribution in [2.45, 2.75) is 39.2 Å². The van der Waals surface area contributed by atoms with Crippen LogP contribution in [0.1, 0.15) is 44.0 Å². The van der Waals surface area contributed by atoms with E-state index >= 15 is 0 Å². The van der Waals surface area contributed by atoms with Crippen LogP contribution in [-0.4, -0.2) is 36.9 Å². The molecule has 1 aromatic rings. The lowest BCUT2D eigenvalue weighted by Gasteiger charge is -2.39. The quantitative estimate of drug-likeness (QED) is 0.851. The SMILES string of the molecule is CC(=O)N1CC(C)(C)Oc2ccc(C(=O)C3CCCNC3)cc21. The van der Waals surface area contributed by atoms with Gasteiger partial charge in [-0.1, -0.05) is 0 Å². The smallest absolute Gasteiger partial charge is 0.224 e. The Balaban J connectivity index is 1.93. The molecule has 1 fully saturated rings. The predicted molar refractivity (Wildman–Crippen MR) is 89.1 cm³/mol. The van der Waals surface area contributed by atoms with Gasteiger partial charge in [-0.05, 0) is 51.4 Å². The third-order valence-electron chi connectivity index (χ3n) is 4.51. The lowest BCUT2D eigenvalue weighted by atomic mass is 9.90. The van der Waals surface area contributed by atoms with E-state index < -0.39 is 5.60 Å². The Hall–Kier alpha value is -1.88. The highest BCUT2D eigenvalue weighted by atomic mass is 16.5. The third-order valence-corrected chi connectivity index (χ3v) is 4.51. The van der Waals surface area contributed by atoms with Gasteiger partial charge in [-0.25, -0.2) is 0 Å². The molecule has 3 rings (SSSR count). The van der Waals surface area contributed by atoms with Crippen molar-refractivity contribution in [1.82, 2.24) is 5.32 Å². The van der Waals surface area contributed by atoms with Crippen molar-refractivity contribution < 1.29 is 14.3 Å². The van der Waals surface area contributed by atoms with Crippen molar-refractivity contribution in [2.24, 2.45) is 5.92 Å². The van der Waals surface area contributed by atoms with Crippen LogP contribution in [0.3, 0.4) is 0 Å². The van der Waals surface area contributed by atoms with Gasteiger partial charge in [0.1, 0.15) is 11.4 Å². The summed E-state index contributed by atoms with van der Waals surface area (Å²) in [4.78, 5) is 26.4. The van der Waals surface area contributed by atoms with Crippen molar-refractivity contribution in [2.75, 3.05) is 24.5 Å². The molecule has 1 aromatic carbocycles. The Kier molecular flexibility index (Phi) is 4.15. The van der Waals surface area contributed by atoms with Crippen LogP contribution < -0.4 is 15.0 Å². The fourth-order valence-corrected chi connectivity index (χ4v) is 3.36. The Morgan fingerprint density at radius 2 is 2.13 bits per heavy atom. The number of carbonyl (C=O) groups is 2. The molecule has 0 radical (unpaired) electrons. The second-order valence-corrected chi connectivity index (χ2v) is 7.06. The average molecular weight is 316 g/mol. The van der Waals surface area contributed by atoms with Crippen molar-refractivity contribution in [3.05, 3.63) is 23.8 Å². The van der Waals surface area contributed by atoms with Gasteiger partial charge in [0, 0.05) is 24.9 Å². The summed E-state index contributed by atoms with van der Waals surface area (Å²) in [6.07, 6.45) is 1.95. The molecule has 0 spiro atoms. The highest BCUT2D eigenvalue weighted by Gasteiger charge is 2.34. The van der Waals surface area contributed by atoms with Gasteiger partial charge in [0.05, 0.1) is 12.2 Å². The first-order chi connectivity index (χ1) is 10.9. The summed E-state index contributed by atoms with van der Waals surface area (Å²) >= 11 is 0. The van der Waals surface area contributed by atoms with Crippen molar-refractivity contribution >= 4 is 17.4 Å². The number of fused-ring (bicyclic) bond motifs is 1. The number of amides is 1. The van der Waals surface area contributed by atoms with E-state index in [9.17, 15) is 9.59 Å². The molecule has 0 aliphatic carbocycles. The molecule has 0 bridgehead atoms. The van der Waals surface area contributed by atoms with Crippen LogP contribution in [0.5, 0.6) is 5.75 Å². The van der Waals surface area contributed by atoms with E-state index in [0.717, 1.165) is 25.9 Å². The summed E-state index contributed by atoms with van der Waals surface area (Å²) < 4.78 is 5.96. The number of hydrogen-bond acceptors (Lipinski definition) is 4. The highest BCUT2D eigenvalue weighted by Crippen LogP contribution is 2.38. The van der Waals surface area contributed by atoms with Crippen molar-refractivity contribution in [3.8, 4) is 5.75 Å². The van der Waals surface area contributed by atoms with Gasteiger partial charge < -0.3 is 15.0 Å². The van der Waals surface area contributed by atoms with Gasteiger partial charge in [0.25, 0.3) is 0 Å². The molecule has 2 aliphatic rings. The van der Waals surface area contributed by atoms with Gasteiger partial charge in [-0.2, -0.15) is 0 Å². The fraction of sp³-hybridized carbons (Fsp3) is 0.556. The number of ether oxygens (including phenoxy) is 1. The number of Topliss-reactive ketones (excluding diaryl/α,β-unsaturated/α-hetero) is 1. The summed E-state index contributed by atoms with van der Waals surface area (Å²) in [6, 6.07) is 5.44. The van der Waals surface area contributed by atoms with E-state index in [1.807, 2.05) is 32.0 Å². The van der Waals surface area contributed by atoms with Crippen molar-refractivity contribution in [1.29, 1.82) is 0 Å². The normalized spacial score (nSPS) is 22.9. The maximum absolute atomic E-state index is 12.7. The largest absolute Gasteiger partial charge is 0.484 e. The lowest BCUT2D eigenvalue weighted by molar-refractivity contribution is -0.117. The number of ketones is 1. The van der Waals surface area contributed by atoms with Crippen LogP contribution >= 0.6 is 0 Å². The molecule has 1 atom stereocenters. The first-order valence-electron chi connectivity index (χ1n) is 8.23. The number of rotatable bonds is 2. The zero-order valence-corrected chi connectivity index (χ0v) is 14.0. The number of piperidine rings is 1. The Labute approximate surface area is 137 Å². The van der Waals surface area contributed by atoms with Crippen LogP contribution in [0.4, 0.5) is 5.69 Å². The fourth-order valence-electron chi connectivity index (χ4n) is 3.36. The molecular weight excluding hydrogens is 292 g/mol. The zero-order valence-electron chi connectivity index (χ0n) is 14.0. The van der Waals surface area contributed by atoms with E-state index in [1.165, 1.54) is 0 Å². The molecule has 124 valence electrons. The van der Waals surface area contributed by atoms with Gasteiger partial charge >= 0.3 is 0 Å². The third kappa shape index (κ3) is 3.24. The number of hydrogen-bond donors (Lipinski definition) is 1. The summed E-state index contributed by atoms with van der Waals surface area (Å²) in [6.45, 7) is 7.66. The molecule has 1 saturated heterocycles. The minimum Gasteiger partial charge on any atom is -0.484 e. The maximum atomic E-state index is 12.7. The number of nitrogens with zero attached hydrogens (tertiary/aromatic N) is 1. The Bertz CT molecular complexity index is 633. The lowest BCUT2D eigenvalue weighted by Crippen LogP contribution is -2.48. The Morgan fingerprint density at radius 3 is 2.78 bits per heavy atom. The molecule has 1 amide bonds. The van der Waals surface area contributed by atoms with Gasteiger partial charge in [0.15, 0.2) is 5.78 Å². The summed E-state index contributed by atoms with van der Waals surface area (Å²) in [5, 5.41) is 3.28. The van der Waals surface area contributed by atoms with Crippen LogP contribution in [0.25, 0.3) is 0 Å². The Morgan fingerprint density at radius 1 is 1.35 bits per heavy atom. The molecule has 0 aromatic heterocycles. The minimum absolute atomic E-state index is 0.0218. The molecule has 2 aliphatic heterocycles. The zero-order chi connectivity index (χ0) is 16.6. The average Bonchev–Trinajstić information content (AvgIpc) is 2.53. The standard InChI is InChI=1S/C18H24N2O3/c1-12(21)20-11-18(2,3)23-16-7-6-13(9-15(16)20)17(22)14-5-4-8-19-10-14/h6-7,9,14,19H,4-5,8,10-11H2,1-3H3. The maximum Gasteiger partial charge on any atom is 0.224 e. The monoisotopic (exact) mass is 316 g/mol. The first-order valence-corrected chi connectivity index (χ1v) is 8.23. The number of benzene rings is 1. The second kappa shape index (κ2) is 5.96. The summed E-state index contributed by atoms with van der Waals surface area (Å²) in [7, 11) is 0. The number of nitrogens with one attached hydrogen (secondary N) is 1. The van der Waals surface area contributed by atoms with E-state index in [-0.39, 0.29) is 17.6 Å². The van der Waals surface area contributed by atoms with Crippen LogP contribution in [0, 0.1) is 5.92 Å². The van der Waals surface area contributed by atoms with E-state index in [2.05, 4.69) is 5.32 Å². The molecule has 1 unspecified atom stereocenters. The molecular formula is C18H24N2O3. The summed E-state index contributed by atoms with van der Waals surface area (Å²) in [5.74, 6) is 0.795. The molecule has 5 nitrogen and oxygen atoms in total. The van der Waals surface area contributed by atoms with Crippen molar-refractivity contribution in [3.63, 3.8) is 0 Å². The molecule has 0 saturated carbocycles.